The summed E-state index contributed by atoms with van der Waals surface area (Å²) in [5, 5.41) is 0. The highest BCUT2D eigenvalue weighted by molar-refractivity contribution is 5.97. The average Bonchev–Trinajstić information content (AvgIpc) is 2.73. The number of amides is 2. The third-order valence-corrected chi connectivity index (χ3v) is 5.86. The molecule has 0 bridgehead atoms. The second-order valence-electron chi connectivity index (χ2n) is 7.64. The molecule has 0 N–H and O–H groups in total. The van der Waals surface area contributed by atoms with Crippen molar-refractivity contribution in [2.45, 2.75) is 32.6 Å². The molecule has 0 aromatic heterocycles. The van der Waals surface area contributed by atoms with Gasteiger partial charge in [0.15, 0.2) is 0 Å². The predicted molar refractivity (Wildman–Crippen MR) is 103 cm³/mol. The zero-order chi connectivity index (χ0) is 19.4. The lowest BCUT2D eigenvalue weighted by Crippen LogP contribution is -2.46. The van der Waals surface area contributed by atoms with Crippen molar-refractivity contribution >= 4 is 11.8 Å². The van der Waals surface area contributed by atoms with E-state index in [-0.39, 0.29) is 17.7 Å². The molecule has 0 unspecified atom stereocenters. The van der Waals surface area contributed by atoms with Gasteiger partial charge in [-0.2, -0.15) is 0 Å². The minimum atomic E-state index is -0.0663. The molecule has 0 aliphatic carbocycles. The van der Waals surface area contributed by atoms with Gasteiger partial charge in [-0.25, -0.2) is 0 Å². The number of likely N-dealkylation sites (tertiary alicyclic amines) is 2. The first-order valence-corrected chi connectivity index (χ1v) is 9.83. The van der Waals surface area contributed by atoms with Crippen molar-refractivity contribution in [3.8, 4) is 11.5 Å². The van der Waals surface area contributed by atoms with Gasteiger partial charge in [-0.15, -0.1) is 0 Å². The molecule has 6 heteroatoms. The monoisotopic (exact) mass is 374 g/mol. The van der Waals surface area contributed by atoms with Crippen molar-refractivity contribution in [1.82, 2.24) is 9.80 Å². The van der Waals surface area contributed by atoms with Crippen LogP contribution >= 0.6 is 0 Å². The number of nitrogens with zero attached hydrogens (tertiary/aromatic N) is 2. The van der Waals surface area contributed by atoms with Crippen LogP contribution in [0.15, 0.2) is 18.2 Å². The number of carbonyl (C=O) groups excluding carboxylic acids is 2. The molecule has 0 radical (unpaired) electrons. The second-order valence-corrected chi connectivity index (χ2v) is 7.64. The van der Waals surface area contributed by atoms with E-state index < -0.39 is 0 Å². The van der Waals surface area contributed by atoms with Crippen LogP contribution in [0.3, 0.4) is 0 Å². The van der Waals surface area contributed by atoms with Crippen LogP contribution in [0, 0.1) is 11.8 Å². The van der Waals surface area contributed by atoms with Crippen LogP contribution in [0.2, 0.25) is 0 Å². The number of carbonyl (C=O) groups is 2. The van der Waals surface area contributed by atoms with Gasteiger partial charge in [0, 0.05) is 32.1 Å². The van der Waals surface area contributed by atoms with Gasteiger partial charge in [0.05, 0.1) is 19.8 Å². The molecule has 6 nitrogen and oxygen atoms in total. The van der Waals surface area contributed by atoms with Gasteiger partial charge in [0.25, 0.3) is 5.91 Å². The molecule has 0 atom stereocenters. The van der Waals surface area contributed by atoms with Crippen LogP contribution in [0.5, 0.6) is 11.5 Å². The van der Waals surface area contributed by atoms with Crippen molar-refractivity contribution in [2.24, 2.45) is 11.8 Å². The van der Waals surface area contributed by atoms with Crippen molar-refractivity contribution in [2.75, 3.05) is 40.4 Å². The summed E-state index contributed by atoms with van der Waals surface area (Å²) in [4.78, 5) is 29.6. The Bertz CT molecular complexity index is 675. The zero-order valence-corrected chi connectivity index (χ0v) is 16.6. The molecule has 2 heterocycles. The number of ether oxygens (including phenoxy) is 2. The Labute approximate surface area is 161 Å². The maximum absolute atomic E-state index is 13.0. The first-order chi connectivity index (χ1) is 13.0. The van der Waals surface area contributed by atoms with Crippen molar-refractivity contribution in [3.05, 3.63) is 23.8 Å². The highest BCUT2D eigenvalue weighted by atomic mass is 16.5. The molecule has 1 aromatic rings. The molecule has 2 aliphatic heterocycles. The molecule has 2 aliphatic rings. The fourth-order valence-electron chi connectivity index (χ4n) is 3.97. The molecule has 148 valence electrons. The van der Waals surface area contributed by atoms with Gasteiger partial charge in [0.1, 0.15) is 11.5 Å². The van der Waals surface area contributed by atoms with E-state index in [1.807, 2.05) is 9.80 Å². The Hall–Kier alpha value is -2.24. The lowest BCUT2D eigenvalue weighted by molar-refractivity contribution is -0.138. The fourth-order valence-corrected chi connectivity index (χ4v) is 3.97. The van der Waals surface area contributed by atoms with Crippen molar-refractivity contribution < 1.29 is 19.1 Å². The third kappa shape index (κ3) is 4.37. The number of rotatable bonds is 4. The number of hydrogen-bond acceptors (Lipinski definition) is 4. The number of benzene rings is 1. The third-order valence-electron chi connectivity index (χ3n) is 5.86. The van der Waals surface area contributed by atoms with Crippen LogP contribution in [-0.4, -0.2) is 62.0 Å². The lowest BCUT2D eigenvalue weighted by atomic mass is 9.92. The van der Waals surface area contributed by atoms with Gasteiger partial charge in [-0.1, -0.05) is 6.92 Å². The Morgan fingerprint density at radius 2 is 1.56 bits per heavy atom. The summed E-state index contributed by atoms with van der Waals surface area (Å²) in [5.74, 6) is 2.13. The maximum Gasteiger partial charge on any atom is 0.257 e. The second kappa shape index (κ2) is 8.63. The first kappa shape index (κ1) is 19.5. The average molecular weight is 374 g/mol. The smallest absolute Gasteiger partial charge is 0.257 e. The quantitative estimate of drug-likeness (QED) is 0.813. The molecular weight excluding hydrogens is 344 g/mol. The highest BCUT2D eigenvalue weighted by Crippen LogP contribution is 2.28. The fraction of sp³-hybridized carbons (Fsp3) is 0.619. The highest BCUT2D eigenvalue weighted by Gasteiger charge is 2.32. The van der Waals surface area contributed by atoms with E-state index in [0.29, 0.717) is 36.1 Å². The van der Waals surface area contributed by atoms with Gasteiger partial charge < -0.3 is 19.3 Å². The van der Waals surface area contributed by atoms with Crippen LogP contribution in [0.4, 0.5) is 0 Å². The van der Waals surface area contributed by atoms with E-state index in [2.05, 4.69) is 6.92 Å². The normalized spacial score (nSPS) is 19.1. The van der Waals surface area contributed by atoms with E-state index in [1.165, 1.54) is 0 Å². The maximum atomic E-state index is 13.0. The molecule has 2 amide bonds. The van der Waals surface area contributed by atoms with E-state index in [0.717, 1.165) is 38.8 Å². The number of hydrogen-bond donors (Lipinski definition) is 0. The van der Waals surface area contributed by atoms with Crippen LogP contribution in [0.25, 0.3) is 0 Å². The lowest BCUT2D eigenvalue weighted by Gasteiger charge is -2.36. The Morgan fingerprint density at radius 1 is 0.926 bits per heavy atom. The van der Waals surface area contributed by atoms with Crippen LogP contribution in [0.1, 0.15) is 43.0 Å². The summed E-state index contributed by atoms with van der Waals surface area (Å²) in [5.41, 5.74) is 0.506. The van der Waals surface area contributed by atoms with E-state index in [1.54, 1.807) is 32.4 Å². The van der Waals surface area contributed by atoms with Gasteiger partial charge in [-0.05, 0) is 49.8 Å². The first-order valence-electron chi connectivity index (χ1n) is 9.83. The largest absolute Gasteiger partial charge is 0.497 e. The topological polar surface area (TPSA) is 59.1 Å². The zero-order valence-electron chi connectivity index (χ0n) is 16.6. The van der Waals surface area contributed by atoms with E-state index in [4.69, 9.17) is 9.47 Å². The predicted octanol–water partition coefficient (Wildman–Crippen LogP) is 2.81. The van der Waals surface area contributed by atoms with Gasteiger partial charge in [0.2, 0.25) is 5.91 Å². The molecule has 1 aromatic carbocycles. The summed E-state index contributed by atoms with van der Waals surface area (Å²) in [7, 11) is 3.14. The number of methoxy groups -OCH3 is 2. The molecule has 0 saturated carbocycles. The van der Waals surface area contributed by atoms with E-state index >= 15 is 0 Å². The Morgan fingerprint density at radius 3 is 2.15 bits per heavy atom. The SMILES string of the molecule is COc1ccc(OC)c(C(=O)N2CCC(C(=O)N3CCC(C)CC3)CC2)c1. The molecule has 2 saturated heterocycles. The Balaban J connectivity index is 1.60. The summed E-state index contributed by atoms with van der Waals surface area (Å²) < 4.78 is 10.6. The van der Waals surface area contributed by atoms with Gasteiger partial charge in [-0.3, -0.25) is 9.59 Å². The van der Waals surface area contributed by atoms with Crippen LogP contribution in [-0.2, 0) is 4.79 Å². The summed E-state index contributed by atoms with van der Waals surface area (Å²) in [6, 6.07) is 5.24. The van der Waals surface area contributed by atoms with E-state index in [9.17, 15) is 9.59 Å². The van der Waals surface area contributed by atoms with Crippen molar-refractivity contribution in [3.63, 3.8) is 0 Å². The molecular formula is C21H30N2O4. The standard InChI is InChI=1S/C21H30N2O4/c1-15-6-10-22(11-7-15)20(24)16-8-12-23(13-9-16)21(25)18-14-17(26-2)4-5-19(18)27-3/h4-5,14-16H,6-13H2,1-3H3. The summed E-state index contributed by atoms with van der Waals surface area (Å²) in [6.45, 7) is 5.19. The molecule has 0 spiro atoms. The minimum absolute atomic E-state index is 0.0367. The van der Waals surface area contributed by atoms with Crippen LogP contribution < -0.4 is 9.47 Å². The molecule has 2 fully saturated rings. The van der Waals surface area contributed by atoms with Gasteiger partial charge >= 0.3 is 0 Å². The Kier molecular flexibility index (Phi) is 6.24. The summed E-state index contributed by atoms with van der Waals surface area (Å²) in [6.07, 6.45) is 3.64. The summed E-state index contributed by atoms with van der Waals surface area (Å²) >= 11 is 0. The molecule has 3 rings (SSSR count). The minimum Gasteiger partial charge on any atom is -0.497 e. The van der Waals surface area contributed by atoms with Crippen molar-refractivity contribution in [1.29, 1.82) is 0 Å². The number of piperidine rings is 2. The molecule has 27 heavy (non-hydrogen) atoms.